The SMILES string of the molecule is NC1=NS(=O)(=O)Nc2cccc(OC[C@H]3CCCCN3CCCc3ccncc3)c21. The van der Waals surface area contributed by atoms with Gasteiger partial charge in [-0.05, 0) is 68.6 Å². The average molecular weight is 430 g/mol. The summed E-state index contributed by atoms with van der Waals surface area (Å²) in [5, 5.41) is 0. The monoisotopic (exact) mass is 429 g/mol. The van der Waals surface area contributed by atoms with Crippen molar-refractivity contribution in [3.8, 4) is 5.75 Å². The van der Waals surface area contributed by atoms with E-state index in [0.29, 0.717) is 29.6 Å². The second-order valence-corrected chi connectivity index (χ2v) is 9.02. The number of hydrogen-bond donors (Lipinski definition) is 2. The highest BCUT2D eigenvalue weighted by atomic mass is 32.2. The molecule has 0 amide bonds. The van der Waals surface area contributed by atoms with Crippen molar-refractivity contribution in [2.45, 2.75) is 38.1 Å². The number of fused-ring (bicyclic) bond motifs is 1. The minimum atomic E-state index is -3.79. The molecule has 0 aliphatic carbocycles. The van der Waals surface area contributed by atoms with E-state index < -0.39 is 10.2 Å². The lowest BCUT2D eigenvalue weighted by Crippen LogP contribution is -2.43. The van der Waals surface area contributed by atoms with E-state index in [9.17, 15) is 8.42 Å². The Labute approximate surface area is 177 Å². The van der Waals surface area contributed by atoms with E-state index in [4.69, 9.17) is 10.5 Å². The van der Waals surface area contributed by atoms with Crippen LogP contribution in [0.5, 0.6) is 5.75 Å². The Balaban J connectivity index is 1.39. The molecule has 1 atom stereocenters. The zero-order valence-corrected chi connectivity index (χ0v) is 17.6. The van der Waals surface area contributed by atoms with Crippen LogP contribution in [0.15, 0.2) is 47.1 Å². The molecule has 3 N–H and O–H groups in total. The van der Waals surface area contributed by atoms with Crippen LogP contribution in [0.3, 0.4) is 0 Å². The molecule has 30 heavy (non-hydrogen) atoms. The first-order chi connectivity index (χ1) is 14.5. The summed E-state index contributed by atoms with van der Waals surface area (Å²) in [7, 11) is -3.79. The Morgan fingerprint density at radius 3 is 2.87 bits per heavy atom. The van der Waals surface area contributed by atoms with Gasteiger partial charge in [0.2, 0.25) is 0 Å². The first kappa shape index (κ1) is 20.6. The highest BCUT2D eigenvalue weighted by Gasteiger charge is 2.26. The van der Waals surface area contributed by atoms with Crippen LogP contribution in [0, 0.1) is 0 Å². The standard InChI is InChI=1S/C21H27N5O3S/c22-21-20-18(24-30(27,28)25-21)7-3-8-19(20)29-15-17-6-1-2-13-26(17)14-4-5-16-9-11-23-12-10-16/h3,7-12,17,24H,1-2,4-6,13-15H2,(H2,22,25)/t17-/m1/s1. The molecule has 1 saturated heterocycles. The van der Waals surface area contributed by atoms with Crippen LogP contribution >= 0.6 is 0 Å². The molecule has 0 unspecified atom stereocenters. The molecule has 2 aliphatic heterocycles. The number of likely N-dealkylation sites (tertiary alicyclic amines) is 1. The maximum absolute atomic E-state index is 11.8. The normalized spacial score (nSPS) is 20.7. The molecule has 0 spiro atoms. The third kappa shape index (κ3) is 4.91. The molecule has 2 aromatic rings. The fraction of sp³-hybridized carbons (Fsp3) is 0.429. The van der Waals surface area contributed by atoms with E-state index in [-0.39, 0.29) is 5.84 Å². The molecule has 4 rings (SSSR count). The highest BCUT2D eigenvalue weighted by Crippen LogP contribution is 2.31. The van der Waals surface area contributed by atoms with Crippen molar-refractivity contribution >= 4 is 21.7 Å². The number of anilines is 1. The van der Waals surface area contributed by atoms with Gasteiger partial charge in [-0.1, -0.05) is 12.5 Å². The molecule has 3 heterocycles. The number of amidine groups is 1. The number of hydrogen-bond acceptors (Lipinski definition) is 6. The lowest BCUT2D eigenvalue weighted by Gasteiger charge is -2.35. The van der Waals surface area contributed by atoms with Crippen LogP contribution in [0.2, 0.25) is 0 Å². The smallest absolute Gasteiger partial charge is 0.344 e. The first-order valence-electron chi connectivity index (χ1n) is 10.3. The van der Waals surface area contributed by atoms with Crippen LogP contribution < -0.4 is 15.2 Å². The van der Waals surface area contributed by atoms with Gasteiger partial charge in [-0.2, -0.15) is 8.42 Å². The van der Waals surface area contributed by atoms with Gasteiger partial charge in [0.15, 0.2) is 5.84 Å². The molecule has 0 saturated carbocycles. The van der Waals surface area contributed by atoms with E-state index in [0.717, 1.165) is 32.4 Å². The predicted octanol–water partition coefficient (Wildman–Crippen LogP) is 2.32. The number of ether oxygens (including phenoxy) is 1. The van der Waals surface area contributed by atoms with Crippen LogP contribution in [-0.4, -0.2) is 49.9 Å². The lowest BCUT2D eigenvalue weighted by atomic mass is 10.0. The summed E-state index contributed by atoms with van der Waals surface area (Å²) in [5.74, 6) is 0.510. The Bertz CT molecular complexity index is 1010. The van der Waals surface area contributed by atoms with Crippen molar-refractivity contribution < 1.29 is 13.2 Å². The summed E-state index contributed by atoms with van der Waals surface area (Å²) in [6, 6.07) is 9.67. The number of nitrogens with one attached hydrogen (secondary N) is 1. The van der Waals surface area contributed by atoms with Gasteiger partial charge in [0.25, 0.3) is 0 Å². The van der Waals surface area contributed by atoms with Gasteiger partial charge in [0, 0.05) is 18.4 Å². The van der Waals surface area contributed by atoms with E-state index in [1.165, 1.54) is 18.4 Å². The summed E-state index contributed by atoms with van der Waals surface area (Å²) < 4.78 is 35.6. The summed E-state index contributed by atoms with van der Waals surface area (Å²) in [6.45, 7) is 2.62. The third-order valence-electron chi connectivity index (χ3n) is 5.58. The lowest BCUT2D eigenvalue weighted by molar-refractivity contribution is 0.0987. The van der Waals surface area contributed by atoms with Gasteiger partial charge in [-0.25, -0.2) is 0 Å². The number of aryl methyl sites for hydroxylation is 1. The van der Waals surface area contributed by atoms with Gasteiger partial charge >= 0.3 is 10.2 Å². The van der Waals surface area contributed by atoms with Crippen LogP contribution in [0.1, 0.15) is 36.8 Å². The Kier molecular flexibility index (Phi) is 6.19. The number of aromatic nitrogens is 1. The molecule has 1 aromatic heterocycles. The van der Waals surface area contributed by atoms with Gasteiger partial charge in [-0.3, -0.25) is 14.6 Å². The van der Waals surface area contributed by atoms with Crippen molar-refractivity contribution in [3.63, 3.8) is 0 Å². The Morgan fingerprint density at radius 2 is 2.03 bits per heavy atom. The number of piperidine rings is 1. The molecule has 9 heteroatoms. The Hall–Kier alpha value is -2.65. The van der Waals surface area contributed by atoms with E-state index in [1.54, 1.807) is 18.2 Å². The zero-order valence-electron chi connectivity index (χ0n) is 16.8. The molecule has 1 aromatic carbocycles. The molecular formula is C21H27N5O3S. The molecular weight excluding hydrogens is 402 g/mol. The number of benzene rings is 1. The fourth-order valence-corrected chi connectivity index (χ4v) is 4.95. The van der Waals surface area contributed by atoms with Gasteiger partial charge in [0.05, 0.1) is 11.3 Å². The van der Waals surface area contributed by atoms with Gasteiger partial charge in [-0.15, -0.1) is 4.40 Å². The van der Waals surface area contributed by atoms with Crippen molar-refractivity contribution in [2.75, 3.05) is 24.4 Å². The summed E-state index contributed by atoms with van der Waals surface area (Å²) in [5.41, 5.74) is 8.13. The topological polar surface area (TPSA) is 110 Å². The largest absolute Gasteiger partial charge is 0.491 e. The minimum absolute atomic E-state index is 0.0443. The molecule has 8 nitrogen and oxygen atoms in total. The molecule has 160 valence electrons. The second-order valence-electron chi connectivity index (χ2n) is 7.69. The van der Waals surface area contributed by atoms with Crippen molar-refractivity contribution in [1.82, 2.24) is 9.88 Å². The number of rotatable bonds is 7. The minimum Gasteiger partial charge on any atom is -0.491 e. The second kappa shape index (κ2) is 9.01. The van der Waals surface area contributed by atoms with E-state index >= 15 is 0 Å². The average Bonchev–Trinajstić information content (AvgIpc) is 2.72. The fourth-order valence-electron chi connectivity index (χ4n) is 4.10. The zero-order chi connectivity index (χ0) is 21.0. The summed E-state index contributed by atoms with van der Waals surface area (Å²) in [4.78, 5) is 6.57. The number of nitrogens with two attached hydrogens (primary N) is 1. The first-order valence-corrected chi connectivity index (χ1v) is 11.7. The van der Waals surface area contributed by atoms with Gasteiger partial charge < -0.3 is 10.5 Å². The highest BCUT2D eigenvalue weighted by molar-refractivity contribution is 7.91. The molecule has 2 aliphatic rings. The maximum atomic E-state index is 11.8. The van der Waals surface area contributed by atoms with Crippen molar-refractivity contribution in [2.24, 2.45) is 10.1 Å². The molecule has 0 radical (unpaired) electrons. The molecule has 0 bridgehead atoms. The summed E-state index contributed by atoms with van der Waals surface area (Å²) >= 11 is 0. The predicted molar refractivity (Wildman–Crippen MR) is 117 cm³/mol. The van der Waals surface area contributed by atoms with Crippen molar-refractivity contribution in [1.29, 1.82) is 0 Å². The van der Waals surface area contributed by atoms with E-state index in [2.05, 4.69) is 31.1 Å². The maximum Gasteiger partial charge on any atom is 0.344 e. The summed E-state index contributed by atoms with van der Waals surface area (Å²) in [6.07, 6.45) is 9.26. The number of nitrogens with zero attached hydrogens (tertiary/aromatic N) is 3. The molecule has 1 fully saturated rings. The van der Waals surface area contributed by atoms with Crippen molar-refractivity contribution in [3.05, 3.63) is 53.9 Å². The van der Waals surface area contributed by atoms with Crippen LogP contribution in [0.4, 0.5) is 5.69 Å². The van der Waals surface area contributed by atoms with E-state index in [1.807, 2.05) is 12.4 Å². The van der Waals surface area contributed by atoms with Crippen LogP contribution in [-0.2, 0) is 16.6 Å². The third-order valence-corrected chi connectivity index (χ3v) is 6.50. The number of pyridine rings is 1. The Morgan fingerprint density at radius 1 is 1.20 bits per heavy atom. The van der Waals surface area contributed by atoms with Gasteiger partial charge in [0.1, 0.15) is 12.4 Å². The quantitative estimate of drug-likeness (QED) is 0.699. The van der Waals surface area contributed by atoms with Crippen LogP contribution in [0.25, 0.3) is 0 Å².